The summed E-state index contributed by atoms with van der Waals surface area (Å²) in [5.41, 5.74) is 1.05. The lowest BCUT2D eigenvalue weighted by Crippen LogP contribution is -2.36. The van der Waals surface area contributed by atoms with E-state index in [0.717, 1.165) is 0 Å². The molecular formula is C18H26N2O4. The number of amides is 2. The molecule has 0 heterocycles. The Hall–Kier alpha value is -2.37. The predicted octanol–water partition coefficient (Wildman–Crippen LogP) is 2.70. The van der Waals surface area contributed by atoms with Gasteiger partial charge in [-0.1, -0.05) is 19.9 Å². The quantitative estimate of drug-likeness (QED) is 0.742. The van der Waals surface area contributed by atoms with Crippen molar-refractivity contribution in [2.45, 2.75) is 34.1 Å². The number of rotatable bonds is 8. The first-order chi connectivity index (χ1) is 11.3. The van der Waals surface area contributed by atoms with Gasteiger partial charge in [0.2, 0.25) is 5.91 Å². The molecule has 1 aromatic rings. The highest BCUT2D eigenvalue weighted by molar-refractivity contribution is 5.97. The highest BCUT2D eigenvalue weighted by Crippen LogP contribution is 2.14. The third-order valence-electron chi connectivity index (χ3n) is 3.19. The van der Waals surface area contributed by atoms with E-state index in [2.05, 4.69) is 5.32 Å². The minimum Gasteiger partial charge on any atom is -0.466 e. The summed E-state index contributed by atoms with van der Waals surface area (Å²) in [5.74, 6) is -0.401. The second-order valence-electron chi connectivity index (χ2n) is 5.96. The number of nitrogens with one attached hydrogen (secondary N) is 1. The minimum absolute atomic E-state index is 0.164. The van der Waals surface area contributed by atoms with Crippen molar-refractivity contribution < 1.29 is 19.1 Å². The molecule has 0 spiro atoms. The molecule has 0 bridgehead atoms. The molecule has 0 atom stereocenters. The fourth-order valence-corrected chi connectivity index (χ4v) is 2.29. The van der Waals surface area contributed by atoms with E-state index >= 15 is 0 Å². The number of nitrogens with zero attached hydrogens (tertiary/aromatic N) is 1. The number of ether oxygens (including phenoxy) is 1. The molecule has 6 heteroatoms. The molecule has 24 heavy (non-hydrogen) atoms. The fraction of sp³-hybridized carbons (Fsp3) is 0.500. The second kappa shape index (κ2) is 9.70. The average Bonchev–Trinajstić information content (AvgIpc) is 2.50. The molecule has 132 valence electrons. The highest BCUT2D eigenvalue weighted by atomic mass is 16.5. The Morgan fingerprint density at radius 1 is 1.25 bits per heavy atom. The summed E-state index contributed by atoms with van der Waals surface area (Å²) in [6.45, 7) is 8.37. The van der Waals surface area contributed by atoms with Crippen molar-refractivity contribution in [2.24, 2.45) is 5.92 Å². The van der Waals surface area contributed by atoms with Crippen LogP contribution in [0.3, 0.4) is 0 Å². The lowest BCUT2D eigenvalue weighted by Gasteiger charge is -2.24. The Labute approximate surface area is 143 Å². The van der Waals surface area contributed by atoms with E-state index in [0.29, 0.717) is 30.9 Å². The first kappa shape index (κ1) is 19.7. The van der Waals surface area contributed by atoms with Crippen LogP contribution < -0.4 is 5.32 Å². The van der Waals surface area contributed by atoms with Crippen LogP contribution in [-0.2, 0) is 14.3 Å². The van der Waals surface area contributed by atoms with Gasteiger partial charge in [-0.05, 0) is 31.0 Å². The van der Waals surface area contributed by atoms with Gasteiger partial charge < -0.3 is 15.0 Å². The van der Waals surface area contributed by atoms with Crippen LogP contribution in [0, 0.1) is 5.92 Å². The van der Waals surface area contributed by atoms with Crippen molar-refractivity contribution in [1.29, 1.82) is 0 Å². The first-order valence-electron chi connectivity index (χ1n) is 8.16. The smallest absolute Gasteiger partial charge is 0.307 e. The topological polar surface area (TPSA) is 75.7 Å². The maximum absolute atomic E-state index is 12.7. The minimum atomic E-state index is -0.314. The molecule has 1 N–H and O–H groups in total. The number of esters is 1. The van der Waals surface area contributed by atoms with Gasteiger partial charge in [0.1, 0.15) is 0 Å². The highest BCUT2D eigenvalue weighted by Gasteiger charge is 2.18. The summed E-state index contributed by atoms with van der Waals surface area (Å²) in [4.78, 5) is 37.1. The SMILES string of the molecule is CCOC(=O)CCN(CC(C)C)C(=O)c1cccc(NC(C)=O)c1. The van der Waals surface area contributed by atoms with E-state index in [-0.39, 0.29) is 30.1 Å². The van der Waals surface area contributed by atoms with Gasteiger partial charge in [0.15, 0.2) is 0 Å². The van der Waals surface area contributed by atoms with Crippen molar-refractivity contribution in [3.63, 3.8) is 0 Å². The van der Waals surface area contributed by atoms with Gasteiger partial charge in [0.05, 0.1) is 13.0 Å². The van der Waals surface area contributed by atoms with Crippen LogP contribution in [-0.4, -0.2) is 42.4 Å². The largest absolute Gasteiger partial charge is 0.466 e. The van der Waals surface area contributed by atoms with Gasteiger partial charge >= 0.3 is 5.97 Å². The number of anilines is 1. The normalized spacial score (nSPS) is 10.4. The lowest BCUT2D eigenvalue weighted by molar-refractivity contribution is -0.143. The van der Waals surface area contributed by atoms with Crippen LogP contribution in [0.25, 0.3) is 0 Å². The van der Waals surface area contributed by atoms with Gasteiger partial charge in [-0.3, -0.25) is 14.4 Å². The van der Waals surface area contributed by atoms with Crippen molar-refractivity contribution in [3.05, 3.63) is 29.8 Å². The first-order valence-corrected chi connectivity index (χ1v) is 8.16. The monoisotopic (exact) mass is 334 g/mol. The van der Waals surface area contributed by atoms with Gasteiger partial charge in [0.25, 0.3) is 5.91 Å². The molecule has 1 rings (SSSR count). The van der Waals surface area contributed by atoms with E-state index in [4.69, 9.17) is 4.74 Å². The van der Waals surface area contributed by atoms with Crippen LogP contribution in [0.4, 0.5) is 5.69 Å². The van der Waals surface area contributed by atoms with E-state index in [1.165, 1.54) is 6.92 Å². The fourth-order valence-electron chi connectivity index (χ4n) is 2.29. The summed E-state index contributed by atoms with van der Waals surface area (Å²) in [5, 5.41) is 2.66. The number of carbonyl (C=O) groups is 3. The van der Waals surface area contributed by atoms with Crippen LogP contribution in [0.1, 0.15) is 44.5 Å². The summed E-state index contributed by atoms with van der Waals surface area (Å²) >= 11 is 0. The van der Waals surface area contributed by atoms with Gasteiger partial charge in [-0.15, -0.1) is 0 Å². The molecule has 0 radical (unpaired) electrons. The molecule has 0 saturated heterocycles. The Kier molecular flexibility index (Phi) is 7.95. The molecule has 0 fully saturated rings. The maximum atomic E-state index is 12.7. The summed E-state index contributed by atoms with van der Waals surface area (Å²) in [6, 6.07) is 6.79. The number of hydrogen-bond acceptors (Lipinski definition) is 4. The number of hydrogen-bond donors (Lipinski definition) is 1. The van der Waals surface area contributed by atoms with Crippen molar-refractivity contribution >= 4 is 23.5 Å². The van der Waals surface area contributed by atoms with Gasteiger partial charge in [0, 0.05) is 31.3 Å². The number of benzene rings is 1. The lowest BCUT2D eigenvalue weighted by atomic mass is 10.1. The zero-order valence-electron chi connectivity index (χ0n) is 14.8. The Bertz CT molecular complexity index is 584. The van der Waals surface area contributed by atoms with Crippen LogP contribution in [0.15, 0.2) is 24.3 Å². The van der Waals surface area contributed by atoms with Crippen molar-refractivity contribution in [1.82, 2.24) is 4.90 Å². The molecule has 0 aliphatic heterocycles. The maximum Gasteiger partial charge on any atom is 0.307 e. The predicted molar refractivity (Wildman–Crippen MR) is 92.7 cm³/mol. The summed E-state index contributed by atoms with van der Waals surface area (Å²) in [6.07, 6.45) is 0.164. The van der Waals surface area contributed by atoms with Crippen LogP contribution in [0.5, 0.6) is 0 Å². The Balaban J connectivity index is 2.86. The molecule has 1 aromatic carbocycles. The van der Waals surface area contributed by atoms with Crippen LogP contribution >= 0.6 is 0 Å². The molecule has 0 unspecified atom stereocenters. The van der Waals surface area contributed by atoms with E-state index < -0.39 is 0 Å². The summed E-state index contributed by atoms with van der Waals surface area (Å²) in [7, 11) is 0. The second-order valence-corrected chi connectivity index (χ2v) is 5.96. The van der Waals surface area contributed by atoms with Crippen molar-refractivity contribution in [2.75, 3.05) is 25.0 Å². The average molecular weight is 334 g/mol. The molecule has 0 aromatic heterocycles. The van der Waals surface area contributed by atoms with Gasteiger partial charge in [-0.2, -0.15) is 0 Å². The standard InChI is InChI=1S/C18H26N2O4/c1-5-24-17(22)9-10-20(12-13(2)3)18(23)15-7-6-8-16(11-15)19-14(4)21/h6-8,11,13H,5,9-10,12H2,1-4H3,(H,19,21). The van der Waals surface area contributed by atoms with Crippen molar-refractivity contribution in [3.8, 4) is 0 Å². The molecule has 0 aliphatic rings. The molecular weight excluding hydrogens is 308 g/mol. The zero-order chi connectivity index (χ0) is 18.1. The Morgan fingerprint density at radius 3 is 2.54 bits per heavy atom. The van der Waals surface area contributed by atoms with E-state index in [9.17, 15) is 14.4 Å². The number of carbonyl (C=O) groups excluding carboxylic acids is 3. The molecule has 0 aliphatic carbocycles. The molecule has 2 amide bonds. The Morgan fingerprint density at radius 2 is 1.96 bits per heavy atom. The molecule has 0 saturated carbocycles. The van der Waals surface area contributed by atoms with Crippen LogP contribution in [0.2, 0.25) is 0 Å². The molecule has 6 nitrogen and oxygen atoms in total. The van der Waals surface area contributed by atoms with E-state index in [1.807, 2.05) is 13.8 Å². The summed E-state index contributed by atoms with van der Waals surface area (Å²) < 4.78 is 4.92. The zero-order valence-corrected chi connectivity index (χ0v) is 14.8. The van der Waals surface area contributed by atoms with E-state index in [1.54, 1.807) is 36.1 Å². The third kappa shape index (κ3) is 6.81. The van der Waals surface area contributed by atoms with Gasteiger partial charge in [-0.25, -0.2) is 0 Å². The third-order valence-corrected chi connectivity index (χ3v) is 3.19.